The van der Waals surface area contributed by atoms with Crippen molar-refractivity contribution in [1.82, 2.24) is 20.6 Å². The Morgan fingerprint density at radius 2 is 2.00 bits per heavy atom. The molecule has 2 aliphatic rings. The standard InChI is InChI=1S/C18H21FN4O/c1-9-21-15-10(5-4-6-13(15)19)16(22-9)18(2,3)23-17(24)14-11-7-20-8-12(11)14/h4-6,11-12,14,20H,7-8H2,1-3H3,(H,23,24)/t11-,12?,14?/m1/s1. The van der Waals surface area contributed by atoms with Gasteiger partial charge in [-0.3, -0.25) is 4.79 Å². The normalized spacial score (nSPS) is 25.6. The molecule has 5 nitrogen and oxygen atoms in total. The number of halogens is 1. The summed E-state index contributed by atoms with van der Waals surface area (Å²) < 4.78 is 14.1. The molecule has 0 bridgehead atoms. The number of amides is 1. The summed E-state index contributed by atoms with van der Waals surface area (Å²) in [5.41, 5.74) is 0.262. The fraction of sp³-hybridized carbons (Fsp3) is 0.500. The van der Waals surface area contributed by atoms with Gasteiger partial charge in [-0.25, -0.2) is 14.4 Å². The Bertz CT molecular complexity index is 825. The van der Waals surface area contributed by atoms with Crippen molar-refractivity contribution < 1.29 is 9.18 Å². The van der Waals surface area contributed by atoms with E-state index in [1.165, 1.54) is 6.07 Å². The third kappa shape index (κ3) is 2.36. The van der Waals surface area contributed by atoms with E-state index in [1.54, 1.807) is 19.1 Å². The molecule has 0 spiro atoms. The lowest BCUT2D eigenvalue weighted by Gasteiger charge is -2.27. The number of rotatable bonds is 3. The van der Waals surface area contributed by atoms with Gasteiger partial charge in [0.1, 0.15) is 17.2 Å². The van der Waals surface area contributed by atoms with Crippen molar-refractivity contribution >= 4 is 16.8 Å². The van der Waals surface area contributed by atoms with Crippen LogP contribution in [0.25, 0.3) is 10.9 Å². The third-order valence-electron chi connectivity index (χ3n) is 5.21. The quantitative estimate of drug-likeness (QED) is 0.903. The first-order chi connectivity index (χ1) is 11.4. The van der Waals surface area contributed by atoms with Crippen LogP contribution in [0.2, 0.25) is 0 Å². The molecule has 2 fully saturated rings. The molecule has 1 aliphatic carbocycles. The molecule has 1 saturated heterocycles. The topological polar surface area (TPSA) is 66.9 Å². The first-order valence-electron chi connectivity index (χ1n) is 8.34. The summed E-state index contributed by atoms with van der Waals surface area (Å²) in [4.78, 5) is 21.4. The highest BCUT2D eigenvalue weighted by Crippen LogP contribution is 2.49. The van der Waals surface area contributed by atoms with E-state index in [-0.39, 0.29) is 17.6 Å². The first kappa shape index (κ1) is 15.4. The molecule has 24 heavy (non-hydrogen) atoms. The Hall–Kier alpha value is -2.08. The fourth-order valence-electron chi connectivity index (χ4n) is 3.96. The van der Waals surface area contributed by atoms with Crippen molar-refractivity contribution in [3.63, 3.8) is 0 Å². The number of aromatic nitrogens is 2. The molecule has 126 valence electrons. The highest BCUT2D eigenvalue weighted by Gasteiger charge is 2.57. The van der Waals surface area contributed by atoms with Crippen molar-refractivity contribution in [3.05, 3.63) is 35.5 Å². The number of nitrogens with one attached hydrogen (secondary N) is 2. The fourth-order valence-corrected chi connectivity index (χ4v) is 3.96. The third-order valence-corrected chi connectivity index (χ3v) is 5.21. The van der Waals surface area contributed by atoms with Crippen LogP contribution in [0.3, 0.4) is 0 Å². The number of carbonyl (C=O) groups excluding carboxylic acids is 1. The van der Waals surface area contributed by atoms with Crippen molar-refractivity contribution in [2.45, 2.75) is 26.3 Å². The summed E-state index contributed by atoms with van der Waals surface area (Å²) in [6.07, 6.45) is 0. The number of hydrogen-bond acceptors (Lipinski definition) is 4. The van der Waals surface area contributed by atoms with Crippen LogP contribution < -0.4 is 10.6 Å². The van der Waals surface area contributed by atoms with Crippen LogP contribution in [0.5, 0.6) is 0 Å². The largest absolute Gasteiger partial charge is 0.345 e. The van der Waals surface area contributed by atoms with E-state index in [4.69, 9.17) is 0 Å². The summed E-state index contributed by atoms with van der Waals surface area (Å²) in [5.74, 6) is 1.21. The molecule has 4 rings (SSSR count). The van der Waals surface area contributed by atoms with Gasteiger partial charge in [-0.05, 0) is 51.8 Å². The lowest BCUT2D eigenvalue weighted by Crippen LogP contribution is -2.44. The second-order valence-electron chi connectivity index (χ2n) is 7.38. The lowest BCUT2D eigenvalue weighted by atomic mass is 9.95. The molecule has 1 amide bonds. The number of hydrogen-bond donors (Lipinski definition) is 2. The predicted octanol–water partition coefficient (Wildman–Crippen LogP) is 1.89. The maximum atomic E-state index is 14.1. The second-order valence-corrected chi connectivity index (χ2v) is 7.38. The molecule has 1 aromatic heterocycles. The zero-order chi connectivity index (χ0) is 17.1. The molecule has 2 aromatic rings. The second kappa shape index (κ2) is 5.21. The van der Waals surface area contributed by atoms with E-state index >= 15 is 0 Å². The van der Waals surface area contributed by atoms with Gasteiger partial charge in [0.15, 0.2) is 0 Å². The van der Waals surface area contributed by atoms with E-state index in [0.29, 0.717) is 34.3 Å². The van der Waals surface area contributed by atoms with E-state index < -0.39 is 5.54 Å². The SMILES string of the molecule is Cc1nc(C(C)(C)NC(=O)C2C3CNC[C@H]32)c2cccc(F)c2n1. The minimum atomic E-state index is -0.693. The molecule has 1 saturated carbocycles. The van der Waals surface area contributed by atoms with Gasteiger partial charge in [-0.1, -0.05) is 12.1 Å². The molecule has 2 unspecified atom stereocenters. The maximum Gasteiger partial charge on any atom is 0.224 e. The van der Waals surface area contributed by atoms with Crippen LogP contribution in [-0.4, -0.2) is 29.0 Å². The smallest absolute Gasteiger partial charge is 0.224 e. The van der Waals surface area contributed by atoms with Crippen LogP contribution >= 0.6 is 0 Å². The molecule has 1 aromatic carbocycles. The maximum absolute atomic E-state index is 14.1. The Morgan fingerprint density at radius 1 is 1.29 bits per heavy atom. The minimum Gasteiger partial charge on any atom is -0.345 e. The van der Waals surface area contributed by atoms with Crippen molar-refractivity contribution in [2.75, 3.05) is 13.1 Å². The number of piperidine rings is 1. The van der Waals surface area contributed by atoms with Crippen molar-refractivity contribution in [3.8, 4) is 0 Å². The van der Waals surface area contributed by atoms with Gasteiger partial charge in [-0.15, -0.1) is 0 Å². The summed E-state index contributed by atoms with van der Waals surface area (Å²) in [5, 5.41) is 7.06. The summed E-state index contributed by atoms with van der Waals surface area (Å²) in [6.45, 7) is 7.40. The van der Waals surface area contributed by atoms with Gasteiger partial charge in [0.25, 0.3) is 0 Å². The van der Waals surface area contributed by atoms with Crippen LogP contribution in [0.15, 0.2) is 18.2 Å². The van der Waals surface area contributed by atoms with Crippen LogP contribution in [0.1, 0.15) is 25.4 Å². The monoisotopic (exact) mass is 328 g/mol. The predicted molar refractivity (Wildman–Crippen MR) is 88.7 cm³/mol. The van der Waals surface area contributed by atoms with E-state index in [9.17, 15) is 9.18 Å². The lowest BCUT2D eigenvalue weighted by molar-refractivity contribution is -0.124. The number of nitrogens with zero attached hydrogens (tertiary/aromatic N) is 2. The van der Waals surface area contributed by atoms with E-state index in [2.05, 4.69) is 20.6 Å². The zero-order valence-electron chi connectivity index (χ0n) is 14.1. The Kier molecular flexibility index (Phi) is 3.35. The minimum absolute atomic E-state index is 0.0670. The number of para-hydroxylation sites is 1. The average molecular weight is 328 g/mol. The summed E-state index contributed by atoms with van der Waals surface area (Å²) in [6, 6.07) is 4.84. The Balaban J connectivity index is 1.68. The number of fused-ring (bicyclic) bond motifs is 2. The van der Waals surface area contributed by atoms with Gasteiger partial charge < -0.3 is 10.6 Å². The molecule has 2 heterocycles. The highest BCUT2D eigenvalue weighted by molar-refractivity contribution is 5.86. The Morgan fingerprint density at radius 3 is 2.71 bits per heavy atom. The molecule has 6 heteroatoms. The summed E-state index contributed by atoms with van der Waals surface area (Å²) in [7, 11) is 0. The molecule has 3 atom stereocenters. The van der Waals surface area contributed by atoms with Gasteiger partial charge in [0.05, 0.1) is 11.2 Å². The summed E-state index contributed by atoms with van der Waals surface area (Å²) >= 11 is 0. The first-order valence-corrected chi connectivity index (χ1v) is 8.34. The van der Waals surface area contributed by atoms with Crippen LogP contribution in [-0.2, 0) is 10.3 Å². The average Bonchev–Trinajstić information content (AvgIpc) is 3.01. The van der Waals surface area contributed by atoms with Crippen molar-refractivity contribution in [2.24, 2.45) is 17.8 Å². The number of carbonyl (C=O) groups is 1. The molecule has 0 radical (unpaired) electrons. The van der Waals surface area contributed by atoms with Crippen LogP contribution in [0, 0.1) is 30.5 Å². The van der Waals surface area contributed by atoms with Crippen LogP contribution in [0.4, 0.5) is 4.39 Å². The molecular weight excluding hydrogens is 307 g/mol. The molecule has 1 aliphatic heterocycles. The Labute approximate surface area is 140 Å². The number of benzene rings is 1. The van der Waals surface area contributed by atoms with Gasteiger partial charge in [0, 0.05) is 11.3 Å². The highest BCUT2D eigenvalue weighted by atomic mass is 19.1. The molecule has 2 N–H and O–H groups in total. The van der Waals surface area contributed by atoms with E-state index in [0.717, 1.165) is 13.1 Å². The number of aryl methyl sites for hydroxylation is 1. The zero-order valence-corrected chi connectivity index (χ0v) is 14.1. The van der Waals surface area contributed by atoms with Gasteiger partial charge in [-0.2, -0.15) is 0 Å². The van der Waals surface area contributed by atoms with Gasteiger partial charge >= 0.3 is 0 Å². The van der Waals surface area contributed by atoms with Gasteiger partial charge in [0.2, 0.25) is 5.91 Å². The molecular formula is C18H21FN4O. The van der Waals surface area contributed by atoms with E-state index in [1.807, 2.05) is 13.8 Å². The van der Waals surface area contributed by atoms with Crippen molar-refractivity contribution in [1.29, 1.82) is 0 Å².